The SMILES string of the molecule is Cc1cnc(Br)c(C(F)F)c1CO. The van der Waals surface area contributed by atoms with E-state index in [0.717, 1.165) is 0 Å². The third-order valence-electron chi connectivity index (χ3n) is 1.77. The number of alkyl halides is 2. The molecule has 72 valence electrons. The van der Waals surface area contributed by atoms with Crippen LogP contribution in [0.2, 0.25) is 0 Å². The summed E-state index contributed by atoms with van der Waals surface area (Å²) in [6, 6.07) is 0. The van der Waals surface area contributed by atoms with Crippen molar-refractivity contribution >= 4 is 15.9 Å². The van der Waals surface area contributed by atoms with Crippen molar-refractivity contribution in [3.8, 4) is 0 Å². The zero-order valence-electron chi connectivity index (χ0n) is 6.89. The fourth-order valence-corrected chi connectivity index (χ4v) is 1.58. The Labute approximate surface area is 82.7 Å². The monoisotopic (exact) mass is 251 g/mol. The number of aryl methyl sites for hydroxylation is 1. The molecule has 2 nitrogen and oxygen atoms in total. The van der Waals surface area contributed by atoms with Crippen molar-refractivity contribution in [2.45, 2.75) is 20.0 Å². The Morgan fingerprint density at radius 3 is 2.62 bits per heavy atom. The summed E-state index contributed by atoms with van der Waals surface area (Å²) in [5, 5.41) is 8.89. The van der Waals surface area contributed by atoms with Gasteiger partial charge < -0.3 is 5.11 Å². The first-order valence-corrected chi connectivity index (χ1v) is 4.40. The maximum Gasteiger partial charge on any atom is 0.266 e. The van der Waals surface area contributed by atoms with Gasteiger partial charge >= 0.3 is 0 Å². The van der Waals surface area contributed by atoms with Crippen molar-refractivity contribution in [3.05, 3.63) is 27.5 Å². The minimum atomic E-state index is -2.62. The molecule has 0 amide bonds. The van der Waals surface area contributed by atoms with Gasteiger partial charge in [-0.05, 0) is 34.0 Å². The fourth-order valence-electron chi connectivity index (χ4n) is 1.07. The molecule has 0 saturated heterocycles. The van der Waals surface area contributed by atoms with Crippen LogP contribution in [0, 0.1) is 6.92 Å². The molecule has 0 bridgehead atoms. The number of nitrogens with zero attached hydrogens (tertiary/aromatic N) is 1. The number of aliphatic hydroxyl groups excluding tert-OH is 1. The van der Waals surface area contributed by atoms with Crippen LogP contribution in [0.4, 0.5) is 8.78 Å². The highest BCUT2D eigenvalue weighted by Crippen LogP contribution is 2.30. The summed E-state index contributed by atoms with van der Waals surface area (Å²) < 4.78 is 25.0. The summed E-state index contributed by atoms with van der Waals surface area (Å²) >= 11 is 2.92. The van der Waals surface area contributed by atoms with Crippen molar-refractivity contribution in [1.29, 1.82) is 0 Å². The molecular weight excluding hydrogens is 244 g/mol. The van der Waals surface area contributed by atoms with Gasteiger partial charge in [0.1, 0.15) is 4.60 Å². The van der Waals surface area contributed by atoms with Crippen LogP contribution in [0.3, 0.4) is 0 Å². The second-order valence-electron chi connectivity index (χ2n) is 2.58. The lowest BCUT2D eigenvalue weighted by Crippen LogP contribution is -2.01. The largest absolute Gasteiger partial charge is 0.392 e. The summed E-state index contributed by atoms with van der Waals surface area (Å²) in [6.45, 7) is 1.24. The third kappa shape index (κ3) is 2.03. The van der Waals surface area contributed by atoms with E-state index in [-0.39, 0.29) is 15.7 Å². The lowest BCUT2D eigenvalue weighted by molar-refractivity contribution is 0.145. The molecule has 0 radical (unpaired) electrons. The Kier molecular flexibility index (Phi) is 3.33. The highest BCUT2D eigenvalue weighted by molar-refractivity contribution is 9.10. The molecule has 1 N–H and O–H groups in total. The molecule has 1 aromatic heterocycles. The van der Waals surface area contributed by atoms with Crippen LogP contribution in [0.1, 0.15) is 23.1 Å². The molecule has 1 heterocycles. The highest BCUT2D eigenvalue weighted by atomic mass is 79.9. The van der Waals surface area contributed by atoms with Gasteiger partial charge in [-0.1, -0.05) is 0 Å². The fraction of sp³-hybridized carbons (Fsp3) is 0.375. The van der Waals surface area contributed by atoms with Crippen LogP contribution in [0.15, 0.2) is 10.8 Å². The summed E-state index contributed by atoms with van der Waals surface area (Å²) in [5.74, 6) is 0. The number of hydrogen-bond donors (Lipinski definition) is 1. The van der Waals surface area contributed by atoms with Crippen LogP contribution >= 0.6 is 15.9 Å². The maximum atomic E-state index is 12.5. The average Bonchev–Trinajstić information content (AvgIpc) is 2.07. The maximum absolute atomic E-state index is 12.5. The van der Waals surface area contributed by atoms with Gasteiger partial charge in [0.05, 0.1) is 12.2 Å². The molecule has 0 fully saturated rings. The Balaban J connectivity index is 3.35. The molecule has 0 saturated carbocycles. The number of halogens is 3. The molecule has 0 aliphatic carbocycles. The van der Waals surface area contributed by atoms with Crippen molar-refractivity contribution < 1.29 is 13.9 Å². The van der Waals surface area contributed by atoms with Gasteiger partial charge in [0.25, 0.3) is 6.43 Å². The van der Waals surface area contributed by atoms with Crippen LogP contribution in [0.25, 0.3) is 0 Å². The van der Waals surface area contributed by atoms with E-state index in [1.807, 2.05) is 0 Å². The number of pyridine rings is 1. The predicted molar refractivity (Wildman–Crippen MR) is 47.6 cm³/mol. The number of aliphatic hydroxyl groups is 1. The summed E-state index contributed by atoms with van der Waals surface area (Å²) in [5.41, 5.74) is 0.598. The van der Waals surface area contributed by atoms with Crippen molar-refractivity contribution in [2.75, 3.05) is 0 Å². The predicted octanol–water partition coefficient (Wildman–Crippen LogP) is 2.58. The Morgan fingerprint density at radius 2 is 2.23 bits per heavy atom. The number of aromatic nitrogens is 1. The van der Waals surface area contributed by atoms with E-state index in [4.69, 9.17) is 5.11 Å². The van der Waals surface area contributed by atoms with Gasteiger partial charge in [0.15, 0.2) is 0 Å². The van der Waals surface area contributed by atoms with Gasteiger partial charge in [-0.25, -0.2) is 13.8 Å². The van der Waals surface area contributed by atoms with Crippen LogP contribution in [-0.4, -0.2) is 10.1 Å². The molecule has 13 heavy (non-hydrogen) atoms. The first-order valence-electron chi connectivity index (χ1n) is 3.60. The highest BCUT2D eigenvalue weighted by Gasteiger charge is 2.18. The number of hydrogen-bond acceptors (Lipinski definition) is 2. The molecule has 1 rings (SSSR count). The second kappa shape index (κ2) is 4.11. The Bertz CT molecular complexity index is 317. The minimum Gasteiger partial charge on any atom is -0.392 e. The normalized spacial score (nSPS) is 10.9. The molecule has 0 aromatic carbocycles. The van der Waals surface area contributed by atoms with Crippen LogP contribution < -0.4 is 0 Å². The topological polar surface area (TPSA) is 33.1 Å². The van der Waals surface area contributed by atoms with Crippen molar-refractivity contribution in [2.24, 2.45) is 0 Å². The van der Waals surface area contributed by atoms with E-state index >= 15 is 0 Å². The van der Waals surface area contributed by atoms with Gasteiger partial charge in [0.2, 0.25) is 0 Å². The molecular formula is C8H8BrF2NO. The third-order valence-corrected chi connectivity index (χ3v) is 2.40. The van der Waals surface area contributed by atoms with E-state index in [1.165, 1.54) is 6.20 Å². The van der Waals surface area contributed by atoms with Gasteiger partial charge in [0, 0.05) is 6.20 Å². The van der Waals surface area contributed by atoms with E-state index in [1.54, 1.807) is 6.92 Å². The molecule has 0 aliphatic rings. The van der Waals surface area contributed by atoms with Gasteiger partial charge in [-0.2, -0.15) is 0 Å². The Hall–Kier alpha value is -0.550. The zero-order chi connectivity index (χ0) is 10.0. The quantitative estimate of drug-likeness (QED) is 0.820. The smallest absolute Gasteiger partial charge is 0.266 e. The lowest BCUT2D eigenvalue weighted by Gasteiger charge is -2.10. The summed E-state index contributed by atoms with van der Waals surface area (Å²) in [6.07, 6.45) is -1.18. The first kappa shape index (κ1) is 10.5. The molecule has 0 atom stereocenters. The molecule has 0 unspecified atom stereocenters. The summed E-state index contributed by atoms with van der Waals surface area (Å²) in [4.78, 5) is 3.73. The zero-order valence-corrected chi connectivity index (χ0v) is 8.48. The summed E-state index contributed by atoms with van der Waals surface area (Å²) in [7, 11) is 0. The standard InChI is InChI=1S/C8H8BrF2NO/c1-4-2-12-7(9)6(8(10)11)5(4)3-13/h2,8,13H,3H2,1H3. The van der Waals surface area contributed by atoms with Crippen molar-refractivity contribution in [1.82, 2.24) is 4.98 Å². The van der Waals surface area contributed by atoms with Gasteiger partial charge in [-0.3, -0.25) is 0 Å². The van der Waals surface area contributed by atoms with Crippen LogP contribution in [0.5, 0.6) is 0 Å². The van der Waals surface area contributed by atoms with E-state index in [0.29, 0.717) is 5.56 Å². The van der Waals surface area contributed by atoms with E-state index < -0.39 is 13.0 Å². The van der Waals surface area contributed by atoms with E-state index in [2.05, 4.69) is 20.9 Å². The Morgan fingerprint density at radius 1 is 1.62 bits per heavy atom. The second-order valence-corrected chi connectivity index (χ2v) is 3.33. The minimum absolute atomic E-state index is 0.0946. The number of rotatable bonds is 2. The average molecular weight is 252 g/mol. The lowest BCUT2D eigenvalue weighted by atomic mass is 10.1. The molecule has 5 heteroatoms. The van der Waals surface area contributed by atoms with Crippen LogP contribution in [-0.2, 0) is 6.61 Å². The van der Waals surface area contributed by atoms with E-state index in [9.17, 15) is 8.78 Å². The molecule has 1 aromatic rings. The van der Waals surface area contributed by atoms with Gasteiger partial charge in [-0.15, -0.1) is 0 Å². The molecule has 0 spiro atoms. The van der Waals surface area contributed by atoms with Crippen molar-refractivity contribution in [3.63, 3.8) is 0 Å². The first-order chi connectivity index (χ1) is 6.07. The molecule has 0 aliphatic heterocycles.